The Morgan fingerprint density at radius 1 is 1.25 bits per heavy atom. The molecular weight excluding hydrogens is 254 g/mol. The van der Waals surface area contributed by atoms with Gasteiger partial charge in [0.25, 0.3) is 5.91 Å². The van der Waals surface area contributed by atoms with E-state index in [0.29, 0.717) is 13.2 Å². The van der Waals surface area contributed by atoms with Crippen LogP contribution in [0, 0.1) is 6.92 Å². The predicted molar refractivity (Wildman–Crippen MR) is 77.6 cm³/mol. The largest absolute Gasteiger partial charge is 0.467 e. The fourth-order valence-corrected chi connectivity index (χ4v) is 1.87. The number of hydrogen-bond donors (Lipinski definition) is 0. The number of hydrogen-bond acceptors (Lipinski definition) is 3. The molecule has 1 heterocycles. The summed E-state index contributed by atoms with van der Waals surface area (Å²) in [6.45, 7) is 4.89. The van der Waals surface area contributed by atoms with Crippen LogP contribution in [0.2, 0.25) is 0 Å². The van der Waals surface area contributed by atoms with Crippen molar-refractivity contribution in [3.63, 3.8) is 0 Å². The van der Waals surface area contributed by atoms with Crippen LogP contribution in [0.4, 0.5) is 5.69 Å². The zero-order valence-electron chi connectivity index (χ0n) is 11.8. The van der Waals surface area contributed by atoms with E-state index in [4.69, 9.17) is 9.15 Å². The Bertz CT molecular complexity index is 531. The highest BCUT2D eigenvalue weighted by Crippen LogP contribution is 2.18. The van der Waals surface area contributed by atoms with E-state index in [0.717, 1.165) is 17.0 Å². The predicted octanol–water partition coefficient (Wildman–Crippen LogP) is 3.16. The first-order chi connectivity index (χ1) is 9.70. The normalized spacial score (nSPS) is 10.5. The van der Waals surface area contributed by atoms with Crippen molar-refractivity contribution in [2.75, 3.05) is 18.1 Å². The minimum atomic E-state index is -0.0768. The van der Waals surface area contributed by atoms with E-state index in [1.807, 2.05) is 50.2 Å². The minimum absolute atomic E-state index is 0.0745. The van der Waals surface area contributed by atoms with Gasteiger partial charge >= 0.3 is 0 Å². The number of carbonyl (C=O) groups excluding carboxylic acids is 1. The molecule has 0 aliphatic rings. The highest BCUT2D eigenvalue weighted by atomic mass is 16.5. The first kappa shape index (κ1) is 14.3. The summed E-state index contributed by atoms with van der Waals surface area (Å²) in [7, 11) is 0. The van der Waals surface area contributed by atoms with Crippen LogP contribution < -0.4 is 4.90 Å². The topological polar surface area (TPSA) is 42.7 Å². The van der Waals surface area contributed by atoms with E-state index in [1.165, 1.54) is 0 Å². The quantitative estimate of drug-likeness (QED) is 0.812. The average Bonchev–Trinajstić information content (AvgIpc) is 2.96. The van der Waals surface area contributed by atoms with Crippen molar-refractivity contribution < 1.29 is 13.9 Å². The van der Waals surface area contributed by atoms with Crippen molar-refractivity contribution in [2.24, 2.45) is 0 Å². The van der Waals surface area contributed by atoms with Crippen LogP contribution in [0.5, 0.6) is 0 Å². The van der Waals surface area contributed by atoms with Gasteiger partial charge in [0.2, 0.25) is 0 Å². The Morgan fingerprint density at radius 2 is 2.00 bits per heavy atom. The molecule has 4 heteroatoms. The Kier molecular flexibility index (Phi) is 4.96. The number of ether oxygens (including phenoxy) is 1. The number of rotatable bonds is 6. The van der Waals surface area contributed by atoms with Gasteiger partial charge in [0, 0.05) is 12.3 Å². The first-order valence-corrected chi connectivity index (χ1v) is 6.68. The smallest absolute Gasteiger partial charge is 0.253 e. The second kappa shape index (κ2) is 6.91. The molecule has 0 aliphatic carbocycles. The van der Waals surface area contributed by atoms with Gasteiger partial charge in [-0.05, 0) is 38.1 Å². The van der Waals surface area contributed by atoms with Crippen LogP contribution in [0.25, 0.3) is 0 Å². The zero-order valence-corrected chi connectivity index (χ0v) is 11.8. The van der Waals surface area contributed by atoms with Gasteiger partial charge in [-0.25, -0.2) is 0 Å². The summed E-state index contributed by atoms with van der Waals surface area (Å²) in [5.41, 5.74) is 2.00. The van der Waals surface area contributed by atoms with Crippen molar-refractivity contribution in [2.45, 2.75) is 20.4 Å². The molecule has 0 aliphatic heterocycles. The molecule has 0 saturated carbocycles. The lowest BCUT2D eigenvalue weighted by Crippen LogP contribution is -2.33. The molecule has 1 aromatic carbocycles. The third-order valence-electron chi connectivity index (χ3n) is 2.97. The lowest BCUT2D eigenvalue weighted by atomic mass is 10.2. The molecule has 1 aromatic heterocycles. The Morgan fingerprint density at radius 3 is 2.60 bits per heavy atom. The molecule has 0 fully saturated rings. The van der Waals surface area contributed by atoms with Crippen LogP contribution in [-0.2, 0) is 16.1 Å². The maximum Gasteiger partial charge on any atom is 0.253 e. The fourth-order valence-electron chi connectivity index (χ4n) is 1.87. The summed E-state index contributed by atoms with van der Waals surface area (Å²) in [5.74, 6) is 0.669. The van der Waals surface area contributed by atoms with Gasteiger partial charge in [-0.2, -0.15) is 0 Å². The SMILES string of the molecule is CCOCC(=O)N(Cc1ccco1)c1ccc(C)cc1. The second-order valence-corrected chi connectivity index (χ2v) is 4.53. The molecule has 4 nitrogen and oxygen atoms in total. The number of aryl methyl sites for hydroxylation is 1. The van der Waals surface area contributed by atoms with Crippen LogP contribution >= 0.6 is 0 Å². The number of amides is 1. The molecule has 0 spiro atoms. The maximum atomic E-state index is 12.3. The van der Waals surface area contributed by atoms with Crippen LogP contribution in [0.15, 0.2) is 47.1 Å². The molecular formula is C16H19NO3. The van der Waals surface area contributed by atoms with Crippen LogP contribution in [0.3, 0.4) is 0 Å². The number of carbonyl (C=O) groups is 1. The third-order valence-corrected chi connectivity index (χ3v) is 2.97. The number of benzene rings is 1. The van der Waals surface area contributed by atoms with Crippen molar-refractivity contribution >= 4 is 11.6 Å². The van der Waals surface area contributed by atoms with E-state index >= 15 is 0 Å². The van der Waals surface area contributed by atoms with E-state index in [1.54, 1.807) is 11.2 Å². The number of furan rings is 1. The highest BCUT2D eigenvalue weighted by molar-refractivity contribution is 5.94. The molecule has 2 aromatic rings. The van der Waals surface area contributed by atoms with Crippen LogP contribution in [0.1, 0.15) is 18.2 Å². The summed E-state index contributed by atoms with van der Waals surface area (Å²) in [5, 5.41) is 0. The van der Waals surface area contributed by atoms with Gasteiger partial charge in [0.05, 0.1) is 12.8 Å². The van der Waals surface area contributed by atoms with Crippen molar-refractivity contribution in [3.8, 4) is 0 Å². The average molecular weight is 273 g/mol. The van der Waals surface area contributed by atoms with E-state index in [2.05, 4.69) is 0 Å². The van der Waals surface area contributed by atoms with Gasteiger partial charge < -0.3 is 14.1 Å². The summed E-state index contributed by atoms with van der Waals surface area (Å²) in [4.78, 5) is 13.9. The molecule has 0 saturated heterocycles. The van der Waals surface area contributed by atoms with Crippen molar-refractivity contribution in [3.05, 3.63) is 54.0 Å². The van der Waals surface area contributed by atoms with E-state index in [9.17, 15) is 4.79 Å². The van der Waals surface area contributed by atoms with Gasteiger partial charge in [-0.1, -0.05) is 17.7 Å². The third kappa shape index (κ3) is 3.71. The summed E-state index contributed by atoms with van der Waals surface area (Å²) in [6, 6.07) is 11.5. The van der Waals surface area contributed by atoms with Gasteiger partial charge in [-0.3, -0.25) is 4.79 Å². The zero-order chi connectivity index (χ0) is 14.4. The monoisotopic (exact) mass is 273 g/mol. The van der Waals surface area contributed by atoms with Crippen molar-refractivity contribution in [1.82, 2.24) is 0 Å². The number of nitrogens with zero attached hydrogens (tertiary/aromatic N) is 1. The van der Waals surface area contributed by atoms with Gasteiger partial charge in [0.15, 0.2) is 0 Å². The van der Waals surface area contributed by atoms with Gasteiger partial charge in [0.1, 0.15) is 12.4 Å². The van der Waals surface area contributed by atoms with Gasteiger partial charge in [-0.15, -0.1) is 0 Å². The lowest BCUT2D eigenvalue weighted by molar-refractivity contribution is -0.123. The van der Waals surface area contributed by atoms with Crippen LogP contribution in [-0.4, -0.2) is 19.1 Å². The standard InChI is InChI=1S/C16H19NO3/c1-3-19-12-16(18)17(11-15-5-4-10-20-15)14-8-6-13(2)7-9-14/h4-10H,3,11-12H2,1-2H3. The summed E-state index contributed by atoms with van der Waals surface area (Å²) >= 11 is 0. The van der Waals surface area contributed by atoms with E-state index in [-0.39, 0.29) is 12.5 Å². The minimum Gasteiger partial charge on any atom is -0.467 e. The molecule has 20 heavy (non-hydrogen) atoms. The fraction of sp³-hybridized carbons (Fsp3) is 0.312. The molecule has 2 rings (SSSR count). The molecule has 0 bridgehead atoms. The molecule has 0 N–H and O–H groups in total. The Labute approximate surface area is 119 Å². The Hall–Kier alpha value is -2.07. The Balaban J connectivity index is 2.18. The maximum absolute atomic E-state index is 12.3. The van der Waals surface area contributed by atoms with E-state index < -0.39 is 0 Å². The molecule has 106 valence electrons. The number of anilines is 1. The molecule has 1 amide bonds. The summed E-state index contributed by atoms with van der Waals surface area (Å²) < 4.78 is 10.5. The second-order valence-electron chi connectivity index (χ2n) is 4.53. The molecule has 0 radical (unpaired) electrons. The highest BCUT2D eigenvalue weighted by Gasteiger charge is 2.17. The first-order valence-electron chi connectivity index (χ1n) is 6.68. The summed E-state index contributed by atoms with van der Waals surface area (Å²) in [6.07, 6.45) is 1.61. The van der Waals surface area contributed by atoms with Crippen molar-refractivity contribution in [1.29, 1.82) is 0 Å². The molecule has 0 unspecified atom stereocenters. The molecule has 0 atom stereocenters. The lowest BCUT2D eigenvalue weighted by Gasteiger charge is -2.22.